The summed E-state index contributed by atoms with van der Waals surface area (Å²) in [6.45, 7) is 2.78. The number of hydrogen-bond donors (Lipinski definition) is 0. The molecule has 0 saturated carbocycles. The number of halogens is 5. The van der Waals surface area contributed by atoms with Crippen molar-refractivity contribution in [3.05, 3.63) is 59.4 Å². The van der Waals surface area contributed by atoms with E-state index >= 15 is 0 Å². The highest BCUT2D eigenvalue weighted by molar-refractivity contribution is 7.48. The molecule has 27 heavy (non-hydrogen) atoms. The van der Waals surface area contributed by atoms with E-state index in [9.17, 15) is 26.5 Å². The summed E-state index contributed by atoms with van der Waals surface area (Å²) in [6.07, 6.45) is -0.824. The van der Waals surface area contributed by atoms with E-state index in [-0.39, 0.29) is 5.75 Å². The average Bonchev–Trinajstić information content (AvgIpc) is 2.63. The van der Waals surface area contributed by atoms with Gasteiger partial charge in [0.15, 0.2) is 5.75 Å². The molecular weight excluding hydrogens is 402 g/mol. The van der Waals surface area contributed by atoms with Crippen LogP contribution in [0.3, 0.4) is 0 Å². The molecule has 0 N–H and O–H groups in total. The SMILES string of the molecule is CC(C)O[P@@](=O)(OOc1ccccc1)OOc1c(F)c(F)c(F)c(F)c1F. The lowest BCUT2D eigenvalue weighted by atomic mass is 10.3. The first-order valence-corrected chi connectivity index (χ1v) is 8.68. The summed E-state index contributed by atoms with van der Waals surface area (Å²) in [5.41, 5.74) is 0. The van der Waals surface area contributed by atoms with Crippen molar-refractivity contribution < 1.29 is 50.2 Å². The molecule has 0 spiro atoms. The van der Waals surface area contributed by atoms with Gasteiger partial charge in [0.1, 0.15) is 0 Å². The highest BCUT2D eigenvalue weighted by Gasteiger charge is 2.36. The second kappa shape index (κ2) is 8.66. The molecule has 2 rings (SSSR count). The van der Waals surface area contributed by atoms with E-state index in [1.165, 1.54) is 26.0 Å². The highest BCUT2D eigenvalue weighted by atomic mass is 31.2. The normalized spacial score (nSPS) is 13.5. The minimum Gasteiger partial charge on any atom is -0.327 e. The maximum Gasteiger partial charge on any atom is 0.547 e. The Morgan fingerprint density at radius 1 is 0.778 bits per heavy atom. The highest BCUT2D eigenvalue weighted by Crippen LogP contribution is 2.51. The Labute approximate surface area is 149 Å². The molecule has 0 heterocycles. The van der Waals surface area contributed by atoms with Gasteiger partial charge in [0.05, 0.1) is 6.10 Å². The largest absolute Gasteiger partial charge is 0.547 e. The Balaban J connectivity index is 2.21. The fraction of sp³-hybridized carbons (Fsp3) is 0.200. The lowest BCUT2D eigenvalue weighted by Crippen LogP contribution is -2.12. The van der Waals surface area contributed by atoms with Crippen molar-refractivity contribution in [3.8, 4) is 11.5 Å². The van der Waals surface area contributed by atoms with Gasteiger partial charge in [0, 0.05) is 0 Å². The summed E-state index contributed by atoms with van der Waals surface area (Å²) in [6, 6.07) is 7.51. The van der Waals surface area contributed by atoms with Crippen molar-refractivity contribution in [2.24, 2.45) is 0 Å². The summed E-state index contributed by atoms with van der Waals surface area (Å²) in [7, 11) is -4.80. The first-order valence-electron chi connectivity index (χ1n) is 7.22. The molecule has 0 aliphatic heterocycles. The monoisotopic (exact) mass is 414 g/mol. The van der Waals surface area contributed by atoms with Crippen LogP contribution in [0.4, 0.5) is 22.0 Å². The van der Waals surface area contributed by atoms with Crippen LogP contribution in [0, 0.1) is 29.1 Å². The van der Waals surface area contributed by atoms with Crippen LogP contribution in [0.15, 0.2) is 30.3 Å². The van der Waals surface area contributed by atoms with Crippen LogP contribution in [0.2, 0.25) is 0 Å². The molecule has 0 fully saturated rings. The molecule has 12 heteroatoms. The zero-order valence-electron chi connectivity index (χ0n) is 13.8. The maximum atomic E-state index is 13.6. The molecule has 1 atom stereocenters. The number of hydrogen-bond acceptors (Lipinski definition) is 6. The number of phosphoric acid groups is 1. The van der Waals surface area contributed by atoms with Gasteiger partial charge in [0.25, 0.3) is 0 Å². The number of benzene rings is 2. The van der Waals surface area contributed by atoms with Crippen molar-refractivity contribution in [2.75, 3.05) is 0 Å². The lowest BCUT2D eigenvalue weighted by molar-refractivity contribution is -0.197. The van der Waals surface area contributed by atoms with Crippen molar-refractivity contribution in [2.45, 2.75) is 20.0 Å². The van der Waals surface area contributed by atoms with Gasteiger partial charge >= 0.3 is 7.82 Å². The van der Waals surface area contributed by atoms with Gasteiger partial charge in [-0.15, -0.1) is 0 Å². The number of rotatable bonds is 8. The van der Waals surface area contributed by atoms with E-state index in [4.69, 9.17) is 9.41 Å². The quantitative estimate of drug-likeness (QED) is 0.147. The third-order valence-corrected chi connectivity index (χ3v) is 3.88. The van der Waals surface area contributed by atoms with Gasteiger partial charge < -0.3 is 9.78 Å². The van der Waals surface area contributed by atoms with Crippen LogP contribution in [0.1, 0.15) is 13.8 Å². The molecule has 2 aromatic rings. The predicted molar refractivity (Wildman–Crippen MR) is 79.9 cm³/mol. The van der Waals surface area contributed by atoms with Crippen LogP contribution in [-0.2, 0) is 18.4 Å². The van der Waals surface area contributed by atoms with Crippen molar-refractivity contribution in [1.82, 2.24) is 0 Å². The third kappa shape index (κ3) is 5.16. The van der Waals surface area contributed by atoms with Crippen LogP contribution < -0.4 is 9.78 Å². The first-order chi connectivity index (χ1) is 12.6. The summed E-state index contributed by atoms with van der Waals surface area (Å²) in [5.74, 6) is -13.4. The average molecular weight is 414 g/mol. The zero-order chi connectivity index (χ0) is 20.2. The Bertz CT molecular complexity index is 819. The molecule has 0 amide bonds. The standard InChI is InChI=1S/C15H12F5O6P/c1-8(2)24-27(21,25-22-9-6-4-3-5-7-9)26-23-15-13(19)11(17)10(16)12(18)14(15)20/h3-8H,1-2H3/t27-/m0/s1. The van der Waals surface area contributed by atoms with Gasteiger partial charge in [-0.25, -0.2) is 17.7 Å². The van der Waals surface area contributed by atoms with E-state index in [2.05, 4.69) is 14.2 Å². The maximum absolute atomic E-state index is 13.6. The van der Waals surface area contributed by atoms with Gasteiger partial charge in [0.2, 0.25) is 34.8 Å². The van der Waals surface area contributed by atoms with E-state index in [1.54, 1.807) is 18.2 Å². The Morgan fingerprint density at radius 3 is 1.78 bits per heavy atom. The first kappa shape index (κ1) is 21.1. The Kier molecular flexibility index (Phi) is 6.77. The molecule has 0 bridgehead atoms. The zero-order valence-corrected chi connectivity index (χ0v) is 14.6. The van der Waals surface area contributed by atoms with Crippen molar-refractivity contribution in [1.29, 1.82) is 0 Å². The van der Waals surface area contributed by atoms with Crippen molar-refractivity contribution >= 4 is 7.82 Å². The number of para-hydroxylation sites is 1. The van der Waals surface area contributed by atoms with E-state index < -0.39 is 48.8 Å². The van der Waals surface area contributed by atoms with Crippen LogP contribution in [0.5, 0.6) is 11.5 Å². The topological polar surface area (TPSA) is 63.2 Å². The summed E-state index contributed by atoms with van der Waals surface area (Å²) >= 11 is 0. The van der Waals surface area contributed by atoms with Crippen LogP contribution in [0.25, 0.3) is 0 Å². The lowest BCUT2D eigenvalue weighted by Gasteiger charge is -2.18. The van der Waals surface area contributed by atoms with Gasteiger partial charge in [-0.1, -0.05) is 27.5 Å². The summed E-state index contributed by atoms with van der Waals surface area (Å²) in [4.78, 5) is 8.75. The fourth-order valence-corrected chi connectivity index (χ4v) is 2.57. The van der Waals surface area contributed by atoms with E-state index in [1.807, 2.05) is 0 Å². The predicted octanol–water partition coefficient (Wildman–Crippen LogP) is 5.24. The Morgan fingerprint density at radius 2 is 1.26 bits per heavy atom. The summed E-state index contributed by atoms with van der Waals surface area (Å²) < 4.78 is 92.3. The Hall–Kier alpha value is -2.20. The molecule has 0 aliphatic rings. The smallest absolute Gasteiger partial charge is 0.327 e. The second-order valence-corrected chi connectivity index (χ2v) is 6.53. The molecular formula is C15H12F5O6P. The molecule has 0 aromatic heterocycles. The van der Waals surface area contributed by atoms with Crippen LogP contribution in [-0.4, -0.2) is 6.10 Å². The molecule has 0 saturated heterocycles. The minimum atomic E-state index is -4.80. The fourth-order valence-electron chi connectivity index (χ4n) is 1.61. The second-order valence-electron chi connectivity index (χ2n) is 5.13. The van der Waals surface area contributed by atoms with Crippen molar-refractivity contribution in [3.63, 3.8) is 0 Å². The van der Waals surface area contributed by atoms with Gasteiger partial charge in [-0.2, -0.15) is 8.78 Å². The van der Waals surface area contributed by atoms with Crippen LogP contribution >= 0.6 is 7.82 Å². The molecule has 6 nitrogen and oxygen atoms in total. The van der Waals surface area contributed by atoms with E-state index in [0.717, 1.165) is 0 Å². The molecule has 148 valence electrons. The van der Waals surface area contributed by atoms with Gasteiger partial charge in [-0.05, 0) is 26.0 Å². The third-order valence-electron chi connectivity index (χ3n) is 2.69. The van der Waals surface area contributed by atoms with E-state index in [0.29, 0.717) is 0 Å². The molecule has 0 radical (unpaired) electrons. The molecule has 2 aromatic carbocycles. The molecule has 0 unspecified atom stereocenters. The molecule has 0 aliphatic carbocycles. The minimum absolute atomic E-state index is 0.0462. The summed E-state index contributed by atoms with van der Waals surface area (Å²) in [5, 5.41) is 0. The van der Waals surface area contributed by atoms with Gasteiger partial charge in [-0.3, -0.25) is 4.52 Å².